The molecular formula is C13H13Br2NOS. The van der Waals surface area contributed by atoms with Gasteiger partial charge in [0.25, 0.3) is 0 Å². The zero-order chi connectivity index (χ0) is 13.1. The normalized spacial score (nSPS) is 14.4. The van der Waals surface area contributed by atoms with Crippen molar-refractivity contribution in [2.45, 2.75) is 12.0 Å². The number of aliphatic hydroxyl groups is 1. The molecule has 2 unspecified atom stereocenters. The van der Waals surface area contributed by atoms with Gasteiger partial charge in [-0.25, -0.2) is 0 Å². The van der Waals surface area contributed by atoms with Crippen LogP contribution in [0.2, 0.25) is 0 Å². The lowest BCUT2D eigenvalue weighted by molar-refractivity contribution is 0.147. The van der Waals surface area contributed by atoms with Gasteiger partial charge in [-0.1, -0.05) is 30.3 Å². The van der Waals surface area contributed by atoms with Crippen molar-refractivity contribution in [1.82, 2.24) is 0 Å². The van der Waals surface area contributed by atoms with E-state index in [0.29, 0.717) is 6.54 Å². The molecule has 2 nitrogen and oxygen atoms in total. The number of aliphatic hydroxyl groups excluding tert-OH is 1. The largest absolute Gasteiger partial charge is 0.388 e. The van der Waals surface area contributed by atoms with Gasteiger partial charge in [0.1, 0.15) is 0 Å². The number of halogens is 2. The molecule has 5 heteroatoms. The van der Waals surface area contributed by atoms with Gasteiger partial charge in [0, 0.05) is 18.0 Å². The van der Waals surface area contributed by atoms with Gasteiger partial charge in [-0.15, -0.1) is 11.3 Å². The standard InChI is InChI=1S/C13H13Br2NOS/c14-11-6-9(13(15)18-11)12(17)10(7-16)8-4-2-1-3-5-8/h1-6,10,12,17H,7,16H2. The van der Waals surface area contributed by atoms with E-state index in [4.69, 9.17) is 5.73 Å². The minimum atomic E-state index is -0.602. The Labute approximate surface area is 127 Å². The molecular weight excluding hydrogens is 378 g/mol. The van der Waals surface area contributed by atoms with E-state index in [2.05, 4.69) is 31.9 Å². The fourth-order valence-corrected chi connectivity index (χ4v) is 4.83. The van der Waals surface area contributed by atoms with Crippen molar-refractivity contribution in [2.24, 2.45) is 5.73 Å². The van der Waals surface area contributed by atoms with Crippen LogP contribution < -0.4 is 5.73 Å². The molecule has 3 N–H and O–H groups in total. The van der Waals surface area contributed by atoms with Crippen LogP contribution in [0.1, 0.15) is 23.1 Å². The summed E-state index contributed by atoms with van der Waals surface area (Å²) in [6, 6.07) is 11.8. The van der Waals surface area contributed by atoms with E-state index in [-0.39, 0.29) is 5.92 Å². The van der Waals surface area contributed by atoms with Gasteiger partial charge in [-0.05, 0) is 43.5 Å². The van der Waals surface area contributed by atoms with Crippen LogP contribution in [0.25, 0.3) is 0 Å². The third-order valence-corrected chi connectivity index (χ3v) is 5.25. The Balaban J connectivity index is 2.31. The number of thiophene rings is 1. The Bertz CT molecular complexity index is 515. The van der Waals surface area contributed by atoms with E-state index in [1.807, 2.05) is 36.4 Å². The molecule has 0 fully saturated rings. The summed E-state index contributed by atoms with van der Waals surface area (Å²) in [6.07, 6.45) is -0.602. The second-order valence-electron chi connectivity index (χ2n) is 3.98. The zero-order valence-electron chi connectivity index (χ0n) is 9.51. The Morgan fingerprint density at radius 3 is 2.39 bits per heavy atom. The third-order valence-electron chi connectivity index (χ3n) is 2.86. The van der Waals surface area contributed by atoms with Gasteiger partial charge in [-0.2, -0.15) is 0 Å². The van der Waals surface area contributed by atoms with Crippen molar-refractivity contribution >= 4 is 43.2 Å². The summed E-state index contributed by atoms with van der Waals surface area (Å²) in [4.78, 5) is 0. The van der Waals surface area contributed by atoms with Crippen LogP contribution in [0.3, 0.4) is 0 Å². The highest BCUT2D eigenvalue weighted by atomic mass is 79.9. The predicted octanol–water partition coefficient (Wildman–Crippen LogP) is 4.05. The topological polar surface area (TPSA) is 46.2 Å². The van der Waals surface area contributed by atoms with E-state index in [1.165, 1.54) is 0 Å². The molecule has 0 aliphatic carbocycles. The molecule has 0 saturated heterocycles. The van der Waals surface area contributed by atoms with Crippen molar-refractivity contribution in [1.29, 1.82) is 0 Å². The highest BCUT2D eigenvalue weighted by Gasteiger charge is 2.24. The lowest BCUT2D eigenvalue weighted by atomic mass is 9.90. The Morgan fingerprint density at radius 2 is 1.89 bits per heavy atom. The van der Waals surface area contributed by atoms with Gasteiger partial charge in [0.2, 0.25) is 0 Å². The van der Waals surface area contributed by atoms with Crippen LogP contribution in [0.15, 0.2) is 44.0 Å². The second kappa shape index (κ2) is 6.30. The lowest BCUT2D eigenvalue weighted by Crippen LogP contribution is -2.20. The Hall–Kier alpha value is -0.200. The fourth-order valence-electron chi connectivity index (χ4n) is 1.92. The van der Waals surface area contributed by atoms with Crippen molar-refractivity contribution < 1.29 is 5.11 Å². The maximum Gasteiger partial charge on any atom is 0.0890 e. The molecule has 2 rings (SSSR count). The minimum Gasteiger partial charge on any atom is -0.388 e. The maximum absolute atomic E-state index is 10.5. The highest BCUT2D eigenvalue weighted by molar-refractivity contribution is 9.12. The molecule has 0 aliphatic heterocycles. The third kappa shape index (κ3) is 3.03. The second-order valence-corrected chi connectivity index (χ2v) is 7.73. The first kappa shape index (κ1) is 14.2. The lowest BCUT2D eigenvalue weighted by Gasteiger charge is -2.21. The first-order valence-electron chi connectivity index (χ1n) is 5.51. The summed E-state index contributed by atoms with van der Waals surface area (Å²) in [7, 11) is 0. The molecule has 96 valence electrons. The monoisotopic (exact) mass is 389 g/mol. The summed E-state index contributed by atoms with van der Waals surface area (Å²) in [5.74, 6) is -0.0935. The Morgan fingerprint density at radius 1 is 1.22 bits per heavy atom. The van der Waals surface area contributed by atoms with Crippen molar-refractivity contribution in [3.63, 3.8) is 0 Å². The number of rotatable bonds is 4. The summed E-state index contributed by atoms with van der Waals surface area (Å²) in [5, 5.41) is 10.5. The summed E-state index contributed by atoms with van der Waals surface area (Å²) in [5.41, 5.74) is 7.75. The SMILES string of the molecule is NCC(c1ccccc1)C(O)c1cc(Br)sc1Br. The van der Waals surface area contributed by atoms with Crippen LogP contribution in [0.4, 0.5) is 0 Å². The van der Waals surface area contributed by atoms with E-state index in [9.17, 15) is 5.11 Å². The van der Waals surface area contributed by atoms with Gasteiger partial charge in [0.15, 0.2) is 0 Å². The quantitative estimate of drug-likeness (QED) is 0.827. The number of benzene rings is 1. The van der Waals surface area contributed by atoms with E-state index in [1.54, 1.807) is 11.3 Å². The van der Waals surface area contributed by atoms with Gasteiger partial charge < -0.3 is 10.8 Å². The maximum atomic E-state index is 10.5. The highest BCUT2D eigenvalue weighted by Crippen LogP contribution is 2.40. The van der Waals surface area contributed by atoms with Crippen LogP contribution in [-0.2, 0) is 0 Å². The number of hydrogen-bond acceptors (Lipinski definition) is 3. The van der Waals surface area contributed by atoms with Crippen LogP contribution in [0, 0.1) is 0 Å². The number of nitrogens with two attached hydrogens (primary N) is 1. The molecule has 0 amide bonds. The summed E-state index contributed by atoms with van der Waals surface area (Å²) < 4.78 is 1.93. The molecule has 18 heavy (non-hydrogen) atoms. The molecule has 0 saturated carbocycles. The van der Waals surface area contributed by atoms with Gasteiger partial charge in [-0.3, -0.25) is 0 Å². The molecule has 0 spiro atoms. The van der Waals surface area contributed by atoms with Crippen molar-refractivity contribution in [2.75, 3.05) is 6.54 Å². The molecule has 1 heterocycles. The first-order chi connectivity index (χ1) is 8.63. The Kier molecular flexibility index (Phi) is 4.98. The first-order valence-corrected chi connectivity index (χ1v) is 7.91. The molecule has 1 aromatic heterocycles. The smallest absolute Gasteiger partial charge is 0.0890 e. The fraction of sp³-hybridized carbons (Fsp3) is 0.231. The molecule has 2 atom stereocenters. The molecule has 0 radical (unpaired) electrons. The van der Waals surface area contributed by atoms with Crippen molar-refractivity contribution in [3.05, 3.63) is 55.1 Å². The summed E-state index contributed by atoms with van der Waals surface area (Å²) in [6.45, 7) is 0.408. The van der Waals surface area contributed by atoms with Gasteiger partial charge >= 0.3 is 0 Å². The summed E-state index contributed by atoms with van der Waals surface area (Å²) >= 11 is 8.45. The van der Waals surface area contributed by atoms with E-state index >= 15 is 0 Å². The molecule has 0 bridgehead atoms. The molecule has 2 aromatic rings. The number of hydrogen-bond donors (Lipinski definition) is 2. The van der Waals surface area contributed by atoms with E-state index < -0.39 is 6.10 Å². The molecule has 0 aliphatic rings. The van der Waals surface area contributed by atoms with Gasteiger partial charge in [0.05, 0.1) is 13.7 Å². The predicted molar refractivity (Wildman–Crippen MR) is 82.9 cm³/mol. The minimum absolute atomic E-state index is 0.0935. The van der Waals surface area contributed by atoms with Crippen LogP contribution in [-0.4, -0.2) is 11.7 Å². The molecule has 1 aromatic carbocycles. The average Bonchev–Trinajstić information content (AvgIpc) is 2.70. The van der Waals surface area contributed by atoms with Crippen LogP contribution in [0.5, 0.6) is 0 Å². The zero-order valence-corrected chi connectivity index (χ0v) is 13.5. The van der Waals surface area contributed by atoms with Crippen molar-refractivity contribution in [3.8, 4) is 0 Å². The van der Waals surface area contributed by atoms with E-state index in [0.717, 1.165) is 18.7 Å². The average molecular weight is 391 g/mol. The van der Waals surface area contributed by atoms with Crippen LogP contribution >= 0.6 is 43.2 Å².